The van der Waals surface area contributed by atoms with Crippen LogP contribution in [0.15, 0.2) is 65.7 Å². The minimum atomic E-state index is -4.74. The van der Waals surface area contributed by atoms with Crippen LogP contribution in [0.5, 0.6) is 11.5 Å². The molecule has 3 rings (SSSR count). The molecule has 1 N–H and O–H groups in total. The number of aliphatic imine (C=N–C) groups is 1. The van der Waals surface area contributed by atoms with Crippen molar-refractivity contribution in [3.05, 3.63) is 77.4 Å². The van der Waals surface area contributed by atoms with Gasteiger partial charge < -0.3 is 14.6 Å². The zero-order valence-electron chi connectivity index (χ0n) is 17.3. The number of alkyl halides is 3. The standard InChI is InChI=1S/C24H20F3NO4/c1-15-10-21(32-24(25,26)27)11-16(2)23(15)18-5-3-4-17(12-18)13-28-19-6-8-20(9-7-19)31-14-22(29)30/h3-13H,14H2,1-2H3,(H,29,30). The van der Waals surface area contributed by atoms with Crippen LogP contribution in [0.25, 0.3) is 11.1 Å². The number of aliphatic carboxylic acids is 1. The monoisotopic (exact) mass is 443 g/mol. The first kappa shape index (κ1) is 22.9. The molecule has 0 amide bonds. The summed E-state index contributed by atoms with van der Waals surface area (Å²) in [6.07, 6.45) is -3.07. The lowest BCUT2D eigenvalue weighted by atomic mass is 9.94. The van der Waals surface area contributed by atoms with E-state index in [1.165, 1.54) is 12.1 Å². The Morgan fingerprint density at radius 2 is 1.66 bits per heavy atom. The summed E-state index contributed by atoms with van der Waals surface area (Å²) in [6.45, 7) is 3.05. The molecule has 0 saturated heterocycles. The SMILES string of the molecule is Cc1cc(OC(F)(F)F)cc(C)c1-c1cccc(C=Nc2ccc(OCC(=O)O)cc2)c1. The minimum Gasteiger partial charge on any atom is -0.482 e. The third-order valence-electron chi connectivity index (χ3n) is 4.48. The first-order chi connectivity index (χ1) is 15.1. The number of carboxylic acids is 1. The van der Waals surface area contributed by atoms with Gasteiger partial charge in [0.15, 0.2) is 6.61 Å². The van der Waals surface area contributed by atoms with Gasteiger partial charge in [-0.15, -0.1) is 13.2 Å². The quantitative estimate of drug-likeness (QED) is 0.449. The molecule has 0 aliphatic heterocycles. The Morgan fingerprint density at radius 1 is 1.00 bits per heavy atom. The highest BCUT2D eigenvalue weighted by Crippen LogP contribution is 2.33. The summed E-state index contributed by atoms with van der Waals surface area (Å²) in [6, 6.07) is 16.9. The number of aryl methyl sites for hydroxylation is 2. The first-order valence-corrected chi connectivity index (χ1v) is 9.57. The Hall–Kier alpha value is -3.81. The number of halogens is 3. The fourth-order valence-corrected chi connectivity index (χ4v) is 3.27. The van der Waals surface area contributed by atoms with E-state index in [-0.39, 0.29) is 5.75 Å². The van der Waals surface area contributed by atoms with Crippen LogP contribution in [0.1, 0.15) is 16.7 Å². The van der Waals surface area contributed by atoms with E-state index in [4.69, 9.17) is 9.84 Å². The van der Waals surface area contributed by atoms with Crippen molar-refractivity contribution >= 4 is 17.9 Å². The van der Waals surface area contributed by atoms with Gasteiger partial charge in [-0.3, -0.25) is 4.99 Å². The second-order valence-corrected chi connectivity index (χ2v) is 7.04. The van der Waals surface area contributed by atoms with Crippen LogP contribution >= 0.6 is 0 Å². The molecule has 0 aromatic heterocycles. The van der Waals surface area contributed by atoms with Gasteiger partial charge in [0.2, 0.25) is 0 Å². The second kappa shape index (κ2) is 9.55. The molecule has 3 aromatic carbocycles. The van der Waals surface area contributed by atoms with E-state index in [0.717, 1.165) is 16.7 Å². The highest BCUT2D eigenvalue weighted by molar-refractivity contribution is 5.85. The Bertz CT molecular complexity index is 1120. The number of hydrogen-bond donors (Lipinski definition) is 1. The summed E-state index contributed by atoms with van der Waals surface area (Å²) in [5, 5.41) is 8.64. The lowest BCUT2D eigenvalue weighted by Gasteiger charge is -2.15. The van der Waals surface area contributed by atoms with Gasteiger partial charge in [0.1, 0.15) is 11.5 Å². The maximum absolute atomic E-state index is 12.5. The number of hydrogen-bond acceptors (Lipinski definition) is 4. The van der Waals surface area contributed by atoms with Crippen LogP contribution in [0.4, 0.5) is 18.9 Å². The molecule has 0 atom stereocenters. The number of ether oxygens (including phenoxy) is 2. The molecule has 0 saturated carbocycles. The van der Waals surface area contributed by atoms with Gasteiger partial charge in [-0.05, 0) is 84.1 Å². The van der Waals surface area contributed by atoms with Crippen LogP contribution in [0.3, 0.4) is 0 Å². The summed E-state index contributed by atoms with van der Waals surface area (Å²) >= 11 is 0. The van der Waals surface area contributed by atoms with E-state index in [2.05, 4.69) is 9.73 Å². The van der Waals surface area contributed by atoms with Gasteiger partial charge in [0.25, 0.3) is 0 Å². The van der Waals surface area contributed by atoms with Gasteiger partial charge in [-0.2, -0.15) is 0 Å². The summed E-state index contributed by atoms with van der Waals surface area (Å²) in [7, 11) is 0. The predicted molar refractivity (Wildman–Crippen MR) is 115 cm³/mol. The predicted octanol–water partition coefficient (Wildman–Crippen LogP) is 6.08. The molecule has 0 aliphatic carbocycles. The molecule has 0 unspecified atom stereocenters. The van der Waals surface area contributed by atoms with Crippen LogP contribution in [0.2, 0.25) is 0 Å². The van der Waals surface area contributed by atoms with E-state index >= 15 is 0 Å². The molecule has 0 aliphatic rings. The maximum atomic E-state index is 12.5. The summed E-state index contributed by atoms with van der Waals surface area (Å²) < 4.78 is 46.7. The molecule has 0 fully saturated rings. The Kier molecular flexibility index (Phi) is 6.82. The fraction of sp³-hybridized carbons (Fsp3) is 0.167. The lowest BCUT2D eigenvalue weighted by Crippen LogP contribution is -2.17. The molecule has 0 heterocycles. The summed E-state index contributed by atoms with van der Waals surface area (Å²) in [5.41, 5.74) is 4.46. The van der Waals surface area contributed by atoms with Gasteiger partial charge >= 0.3 is 12.3 Å². The summed E-state index contributed by atoms with van der Waals surface area (Å²) in [5.74, 6) is -0.873. The summed E-state index contributed by atoms with van der Waals surface area (Å²) in [4.78, 5) is 14.9. The molecule has 32 heavy (non-hydrogen) atoms. The van der Waals surface area contributed by atoms with E-state index < -0.39 is 18.9 Å². The lowest BCUT2D eigenvalue weighted by molar-refractivity contribution is -0.274. The van der Waals surface area contributed by atoms with Crippen molar-refractivity contribution in [2.45, 2.75) is 20.2 Å². The maximum Gasteiger partial charge on any atom is 0.573 e. The van der Waals surface area contributed by atoms with E-state index in [0.29, 0.717) is 22.6 Å². The first-order valence-electron chi connectivity index (χ1n) is 9.57. The molecule has 8 heteroatoms. The molecular weight excluding hydrogens is 423 g/mol. The highest BCUT2D eigenvalue weighted by Gasteiger charge is 2.31. The molecule has 0 bridgehead atoms. The van der Waals surface area contributed by atoms with Crippen LogP contribution in [0, 0.1) is 13.8 Å². The average molecular weight is 443 g/mol. The molecule has 166 valence electrons. The Balaban J connectivity index is 1.79. The average Bonchev–Trinajstić information content (AvgIpc) is 2.70. The third kappa shape index (κ3) is 6.34. The van der Waals surface area contributed by atoms with Crippen molar-refractivity contribution in [2.75, 3.05) is 6.61 Å². The smallest absolute Gasteiger partial charge is 0.482 e. The van der Waals surface area contributed by atoms with E-state index in [1.54, 1.807) is 44.3 Å². The second-order valence-electron chi connectivity index (χ2n) is 7.04. The number of benzene rings is 3. The van der Waals surface area contributed by atoms with Gasteiger partial charge in [-0.1, -0.05) is 18.2 Å². The van der Waals surface area contributed by atoms with Crippen molar-refractivity contribution in [1.82, 2.24) is 0 Å². The van der Waals surface area contributed by atoms with Crippen molar-refractivity contribution < 1.29 is 32.5 Å². The largest absolute Gasteiger partial charge is 0.573 e. The Labute approximate surface area is 182 Å². The number of nitrogens with zero attached hydrogens (tertiary/aromatic N) is 1. The van der Waals surface area contributed by atoms with Crippen LogP contribution < -0.4 is 9.47 Å². The van der Waals surface area contributed by atoms with Gasteiger partial charge in [-0.25, -0.2) is 4.79 Å². The van der Waals surface area contributed by atoms with Crippen molar-refractivity contribution in [2.24, 2.45) is 4.99 Å². The van der Waals surface area contributed by atoms with Crippen molar-refractivity contribution in [3.63, 3.8) is 0 Å². The number of rotatable bonds is 7. The normalized spacial score (nSPS) is 11.5. The van der Waals surface area contributed by atoms with E-state index in [1.807, 2.05) is 24.3 Å². The minimum absolute atomic E-state index is 0.246. The van der Waals surface area contributed by atoms with Gasteiger partial charge in [0, 0.05) is 6.21 Å². The van der Waals surface area contributed by atoms with Crippen LogP contribution in [-0.4, -0.2) is 30.3 Å². The molecular formula is C24H20F3NO4. The van der Waals surface area contributed by atoms with Crippen LogP contribution in [-0.2, 0) is 4.79 Å². The molecule has 0 spiro atoms. The van der Waals surface area contributed by atoms with Gasteiger partial charge in [0.05, 0.1) is 5.69 Å². The molecule has 5 nitrogen and oxygen atoms in total. The molecule has 0 radical (unpaired) electrons. The fourth-order valence-electron chi connectivity index (χ4n) is 3.27. The Morgan fingerprint density at radius 3 is 2.25 bits per heavy atom. The topological polar surface area (TPSA) is 68.1 Å². The van der Waals surface area contributed by atoms with Crippen molar-refractivity contribution in [1.29, 1.82) is 0 Å². The number of carbonyl (C=O) groups is 1. The number of carboxylic acid groups (broad SMARTS) is 1. The molecule has 3 aromatic rings. The zero-order valence-corrected chi connectivity index (χ0v) is 17.3. The van der Waals surface area contributed by atoms with E-state index in [9.17, 15) is 18.0 Å². The van der Waals surface area contributed by atoms with Crippen molar-refractivity contribution in [3.8, 4) is 22.6 Å². The highest BCUT2D eigenvalue weighted by atomic mass is 19.4. The zero-order chi connectivity index (χ0) is 23.3. The third-order valence-corrected chi connectivity index (χ3v) is 4.48.